The lowest BCUT2D eigenvalue weighted by Gasteiger charge is -2.08. The summed E-state index contributed by atoms with van der Waals surface area (Å²) in [5.41, 5.74) is 3.35. The quantitative estimate of drug-likeness (QED) is 0.561. The number of benzene rings is 1. The van der Waals surface area contributed by atoms with Crippen molar-refractivity contribution < 1.29 is 9.26 Å². The highest BCUT2D eigenvalue weighted by molar-refractivity contribution is 5.85. The number of hydrogen-bond donors (Lipinski definition) is 0. The van der Waals surface area contributed by atoms with E-state index in [-0.39, 0.29) is 0 Å². The fourth-order valence-electron chi connectivity index (χ4n) is 2.59. The molecule has 0 spiro atoms. The molecule has 0 saturated heterocycles. The van der Waals surface area contributed by atoms with Crippen molar-refractivity contribution in [2.24, 2.45) is 0 Å². The first-order valence-corrected chi connectivity index (χ1v) is 8.04. The average Bonchev–Trinajstić information content (AvgIpc) is 3.12. The highest BCUT2D eigenvalue weighted by Gasteiger charge is 2.17. The van der Waals surface area contributed by atoms with Crippen LogP contribution >= 0.6 is 0 Å². The Kier molecular flexibility index (Phi) is 3.85. The fraction of sp³-hybridized carbons (Fsp3) is 0.158. The number of hydrogen-bond acceptors (Lipinski definition) is 6. The lowest BCUT2D eigenvalue weighted by atomic mass is 10.1. The van der Waals surface area contributed by atoms with Crippen molar-refractivity contribution in [2.75, 3.05) is 6.61 Å². The largest absolute Gasteiger partial charge is 0.477 e. The number of pyridine rings is 2. The van der Waals surface area contributed by atoms with Gasteiger partial charge in [-0.1, -0.05) is 23.4 Å². The summed E-state index contributed by atoms with van der Waals surface area (Å²) in [6.07, 6.45) is 1.69. The minimum Gasteiger partial charge on any atom is -0.477 e. The molecule has 0 radical (unpaired) electrons. The summed E-state index contributed by atoms with van der Waals surface area (Å²) >= 11 is 0. The second-order valence-corrected chi connectivity index (χ2v) is 5.61. The zero-order valence-corrected chi connectivity index (χ0v) is 13.9. The first-order valence-electron chi connectivity index (χ1n) is 8.04. The van der Waals surface area contributed by atoms with E-state index in [1.807, 2.05) is 56.3 Å². The number of aromatic nitrogens is 4. The molecular weight excluding hydrogens is 316 g/mol. The third-order valence-electron chi connectivity index (χ3n) is 3.77. The number of ether oxygens (including phenoxy) is 1. The molecular formula is C19H16N4O2. The van der Waals surface area contributed by atoms with Gasteiger partial charge < -0.3 is 9.26 Å². The van der Waals surface area contributed by atoms with Crippen LogP contribution in [0.4, 0.5) is 0 Å². The Bertz CT molecular complexity index is 1030. The summed E-state index contributed by atoms with van der Waals surface area (Å²) in [5.74, 6) is 1.29. The zero-order chi connectivity index (χ0) is 17.2. The van der Waals surface area contributed by atoms with Crippen LogP contribution in [0.3, 0.4) is 0 Å². The third-order valence-corrected chi connectivity index (χ3v) is 3.77. The van der Waals surface area contributed by atoms with Crippen molar-refractivity contribution in [3.63, 3.8) is 0 Å². The molecule has 0 aliphatic carbocycles. The molecule has 0 amide bonds. The molecule has 6 heteroatoms. The molecule has 0 saturated carbocycles. The summed E-state index contributed by atoms with van der Waals surface area (Å²) in [7, 11) is 0. The molecule has 0 unspecified atom stereocenters. The monoisotopic (exact) mass is 332 g/mol. The molecule has 0 atom stereocenters. The van der Waals surface area contributed by atoms with Gasteiger partial charge in [0.05, 0.1) is 17.7 Å². The molecule has 3 heterocycles. The van der Waals surface area contributed by atoms with Crippen molar-refractivity contribution >= 4 is 10.9 Å². The first-order chi connectivity index (χ1) is 12.2. The van der Waals surface area contributed by atoms with E-state index in [1.165, 1.54) is 0 Å². The van der Waals surface area contributed by atoms with E-state index >= 15 is 0 Å². The Balaban J connectivity index is 1.84. The smallest absolute Gasteiger partial charge is 0.276 e. The minimum absolute atomic E-state index is 0.363. The van der Waals surface area contributed by atoms with Crippen LogP contribution in [0.25, 0.3) is 33.9 Å². The molecule has 0 fully saturated rings. The average molecular weight is 332 g/mol. The topological polar surface area (TPSA) is 73.9 Å². The van der Waals surface area contributed by atoms with Crippen molar-refractivity contribution in [3.05, 3.63) is 54.2 Å². The van der Waals surface area contributed by atoms with Gasteiger partial charge in [-0.2, -0.15) is 4.98 Å². The van der Waals surface area contributed by atoms with Gasteiger partial charge in [0.15, 0.2) is 0 Å². The summed E-state index contributed by atoms with van der Waals surface area (Å²) in [6, 6.07) is 13.6. The van der Waals surface area contributed by atoms with Crippen molar-refractivity contribution in [1.29, 1.82) is 0 Å². The Morgan fingerprint density at radius 3 is 2.80 bits per heavy atom. The van der Waals surface area contributed by atoms with E-state index in [0.717, 1.165) is 16.5 Å². The van der Waals surface area contributed by atoms with Gasteiger partial charge in [-0.05, 0) is 43.7 Å². The maximum Gasteiger partial charge on any atom is 0.276 e. The van der Waals surface area contributed by atoms with Crippen LogP contribution in [0.5, 0.6) is 5.88 Å². The molecule has 3 aromatic heterocycles. The standard InChI is InChI=1S/C19H16N4O2/c1-3-24-18-14(11-13-8-7-12(2)10-16(13)21-18)17-22-19(25-23-17)15-6-4-5-9-20-15/h4-11H,3H2,1-2H3. The van der Waals surface area contributed by atoms with Gasteiger partial charge in [-0.25, -0.2) is 4.98 Å². The predicted molar refractivity (Wildman–Crippen MR) is 94.2 cm³/mol. The van der Waals surface area contributed by atoms with Crippen LogP contribution in [-0.4, -0.2) is 26.7 Å². The van der Waals surface area contributed by atoms with E-state index in [4.69, 9.17) is 9.26 Å². The molecule has 25 heavy (non-hydrogen) atoms. The lowest BCUT2D eigenvalue weighted by molar-refractivity contribution is 0.329. The third kappa shape index (κ3) is 2.94. The summed E-state index contributed by atoms with van der Waals surface area (Å²) in [4.78, 5) is 13.3. The van der Waals surface area contributed by atoms with Crippen LogP contribution in [0.15, 0.2) is 53.2 Å². The maximum absolute atomic E-state index is 5.71. The SMILES string of the molecule is CCOc1nc2cc(C)ccc2cc1-c1noc(-c2ccccn2)n1. The maximum atomic E-state index is 5.71. The van der Waals surface area contributed by atoms with E-state index in [1.54, 1.807) is 6.20 Å². The summed E-state index contributed by atoms with van der Waals surface area (Å²) < 4.78 is 11.1. The second-order valence-electron chi connectivity index (χ2n) is 5.61. The van der Waals surface area contributed by atoms with Gasteiger partial charge in [0.25, 0.3) is 5.89 Å². The van der Waals surface area contributed by atoms with Crippen molar-refractivity contribution in [3.8, 4) is 28.9 Å². The number of fused-ring (bicyclic) bond motifs is 1. The van der Waals surface area contributed by atoms with Crippen molar-refractivity contribution in [1.82, 2.24) is 20.1 Å². The second kappa shape index (κ2) is 6.32. The van der Waals surface area contributed by atoms with Crippen molar-refractivity contribution in [2.45, 2.75) is 13.8 Å². The van der Waals surface area contributed by atoms with Crippen LogP contribution in [-0.2, 0) is 0 Å². The molecule has 4 rings (SSSR count). The number of rotatable bonds is 4. The van der Waals surface area contributed by atoms with Crippen LogP contribution in [0.1, 0.15) is 12.5 Å². The molecule has 0 N–H and O–H groups in total. The Morgan fingerprint density at radius 1 is 1.08 bits per heavy atom. The molecule has 0 aliphatic heterocycles. The molecule has 0 bridgehead atoms. The molecule has 6 nitrogen and oxygen atoms in total. The predicted octanol–water partition coefficient (Wildman–Crippen LogP) is 4.05. The number of aryl methyl sites for hydroxylation is 1. The van der Waals surface area contributed by atoms with Gasteiger partial charge in [0.1, 0.15) is 5.69 Å². The van der Waals surface area contributed by atoms with Crippen LogP contribution < -0.4 is 4.74 Å². The van der Waals surface area contributed by atoms with E-state index in [9.17, 15) is 0 Å². The first kappa shape index (κ1) is 15.3. The minimum atomic E-state index is 0.363. The van der Waals surface area contributed by atoms with Gasteiger partial charge in [-0.15, -0.1) is 0 Å². The highest BCUT2D eigenvalue weighted by atomic mass is 16.5. The molecule has 124 valence electrons. The Morgan fingerprint density at radius 2 is 2.00 bits per heavy atom. The number of nitrogens with zero attached hydrogens (tertiary/aromatic N) is 4. The van der Waals surface area contributed by atoms with E-state index in [0.29, 0.717) is 35.5 Å². The van der Waals surface area contributed by atoms with Gasteiger partial charge in [0, 0.05) is 11.6 Å². The van der Waals surface area contributed by atoms with Gasteiger partial charge >= 0.3 is 0 Å². The Hall–Kier alpha value is -3.28. The summed E-state index contributed by atoms with van der Waals surface area (Å²) in [5, 5.41) is 5.08. The fourth-order valence-corrected chi connectivity index (χ4v) is 2.59. The van der Waals surface area contributed by atoms with Crippen LogP contribution in [0.2, 0.25) is 0 Å². The van der Waals surface area contributed by atoms with Gasteiger partial charge in [0.2, 0.25) is 11.7 Å². The van der Waals surface area contributed by atoms with E-state index in [2.05, 4.69) is 20.1 Å². The van der Waals surface area contributed by atoms with Crippen LogP contribution in [0, 0.1) is 6.92 Å². The normalized spacial score (nSPS) is 11.0. The van der Waals surface area contributed by atoms with Gasteiger partial charge in [-0.3, -0.25) is 4.98 Å². The zero-order valence-electron chi connectivity index (χ0n) is 13.9. The molecule has 1 aromatic carbocycles. The highest BCUT2D eigenvalue weighted by Crippen LogP contribution is 2.31. The van der Waals surface area contributed by atoms with E-state index < -0.39 is 0 Å². The Labute approximate surface area is 144 Å². The summed E-state index contributed by atoms with van der Waals surface area (Å²) in [6.45, 7) is 4.46. The lowest BCUT2D eigenvalue weighted by Crippen LogP contribution is -1.98. The molecule has 4 aromatic rings. The molecule has 0 aliphatic rings.